The standard InChI is InChI=1S/C7H14N2O3/c1-4(10)9(2)7-6(12)5(11)3-8-7/h5-8,11-12H,3H2,1-2H3. The van der Waals surface area contributed by atoms with Gasteiger partial charge in [-0.2, -0.15) is 0 Å². The molecule has 0 aromatic rings. The molecule has 1 saturated heterocycles. The van der Waals surface area contributed by atoms with Crippen LogP contribution >= 0.6 is 0 Å². The fourth-order valence-corrected chi connectivity index (χ4v) is 1.26. The summed E-state index contributed by atoms with van der Waals surface area (Å²) in [6.45, 7) is 1.74. The summed E-state index contributed by atoms with van der Waals surface area (Å²) in [6.07, 6.45) is -2.13. The highest BCUT2D eigenvalue weighted by Gasteiger charge is 2.36. The molecule has 0 aromatic carbocycles. The lowest BCUT2D eigenvalue weighted by Crippen LogP contribution is -2.48. The van der Waals surface area contributed by atoms with Gasteiger partial charge in [0.2, 0.25) is 5.91 Å². The average molecular weight is 174 g/mol. The zero-order valence-electron chi connectivity index (χ0n) is 7.19. The van der Waals surface area contributed by atoms with Crippen LogP contribution in [0.15, 0.2) is 0 Å². The molecule has 1 rings (SSSR count). The van der Waals surface area contributed by atoms with Gasteiger partial charge in [-0.25, -0.2) is 0 Å². The van der Waals surface area contributed by atoms with Crippen LogP contribution in [0.5, 0.6) is 0 Å². The number of amides is 1. The van der Waals surface area contributed by atoms with Gasteiger partial charge in [-0.05, 0) is 0 Å². The Morgan fingerprint density at radius 2 is 2.17 bits per heavy atom. The molecule has 0 aliphatic carbocycles. The number of hydrogen-bond donors (Lipinski definition) is 3. The molecule has 0 radical (unpaired) electrons. The average Bonchev–Trinajstić information content (AvgIpc) is 2.32. The van der Waals surface area contributed by atoms with Gasteiger partial charge in [-0.15, -0.1) is 0 Å². The Bertz CT molecular complexity index is 185. The van der Waals surface area contributed by atoms with Crippen LogP contribution in [-0.4, -0.2) is 53.0 Å². The second-order valence-corrected chi connectivity index (χ2v) is 3.04. The first-order valence-corrected chi connectivity index (χ1v) is 3.87. The summed E-state index contributed by atoms with van der Waals surface area (Å²) in [7, 11) is 1.58. The SMILES string of the molecule is CC(=O)N(C)C1NCC(O)C1O. The molecule has 1 heterocycles. The van der Waals surface area contributed by atoms with Crippen molar-refractivity contribution < 1.29 is 15.0 Å². The lowest BCUT2D eigenvalue weighted by Gasteiger charge is -2.26. The maximum Gasteiger partial charge on any atom is 0.220 e. The highest BCUT2D eigenvalue weighted by molar-refractivity contribution is 5.73. The van der Waals surface area contributed by atoms with E-state index in [-0.39, 0.29) is 5.91 Å². The van der Waals surface area contributed by atoms with Gasteiger partial charge in [0.25, 0.3) is 0 Å². The van der Waals surface area contributed by atoms with Crippen LogP contribution in [-0.2, 0) is 4.79 Å². The number of hydrogen-bond acceptors (Lipinski definition) is 4. The third-order valence-electron chi connectivity index (χ3n) is 2.17. The van der Waals surface area contributed by atoms with E-state index >= 15 is 0 Å². The molecular formula is C7H14N2O3. The Balaban J connectivity index is 2.59. The smallest absolute Gasteiger partial charge is 0.220 e. The predicted octanol–water partition coefficient (Wildman–Crippen LogP) is -1.88. The summed E-state index contributed by atoms with van der Waals surface area (Å²) in [4.78, 5) is 12.3. The van der Waals surface area contributed by atoms with E-state index in [0.29, 0.717) is 6.54 Å². The predicted molar refractivity (Wildman–Crippen MR) is 42.2 cm³/mol. The van der Waals surface area contributed by atoms with Crippen LogP contribution in [0.1, 0.15) is 6.92 Å². The normalized spacial score (nSPS) is 35.2. The quantitative estimate of drug-likeness (QED) is 0.435. The second-order valence-electron chi connectivity index (χ2n) is 3.04. The molecule has 5 heteroatoms. The first-order chi connectivity index (χ1) is 5.54. The molecule has 1 aliphatic rings. The van der Waals surface area contributed by atoms with Crippen molar-refractivity contribution in [3.05, 3.63) is 0 Å². The first kappa shape index (κ1) is 9.44. The molecule has 5 nitrogen and oxygen atoms in total. The van der Waals surface area contributed by atoms with Crippen molar-refractivity contribution >= 4 is 5.91 Å². The Hall–Kier alpha value is -0.650. The number of β-amino-alcohol motifs (C(OH)–C–C–N with tert-alkyl or cyclic N) is 1. The Morgan fingerprint density at radius 1 is 1.58 bits per heavy atom. The molecule has 0 bridgehead atoms. The minimum atomic E-state index is -0.890. The number of carbonyl (C=O) groups excluding carboxylic acids is 1. The largest absolute Gasteiger partial charge is 0.389 e. The zero-order chi connectivity index (χ0) is 9.30. The molecular weight excluding hydrogens is 160 g/mol. The maximum absolute atomic E-state index is 10.9. The summed E-state index contributed by atoms with van der Waals surface area (Å²) in [6, 6.07) is 0. The van der Waals surface area contributed by atoms with Gasteiger partial charge in [0.15, 0.2) is 0 Å². The molecule has 70 valence electrons. The van der Waals surface area contributed by atoms with E-state index in [0.717, 1.165) is 0 Å². The molecule has 0 spiro atoms. The van der Waals surface area contributed by atoms with Crippen LogP contribution in [0, 0.1) is 0 Å². The van der Waals surface area contributed by atoms with Crippen molar-refractivity contribution in [2.75, 3.05) is 13.6 Å². The van der Waals surface area contributed by atoms with Crippen LogP contribution in [0.25, 0.3) is 0 Å². The summed E-state index contributed by atoms with van der Waals surface area (Å²) < 4.78 is 0. The minimum absolute atomic E-state index is 0.138. The highest BCUT2D eigenvalue weighted by atomic mass is 16.3. The van der Waals surface area contributed by atoms with E-state index in [1.54, 1.807) is 7.05 Å². The van der Waals surface area contributed by atoms with E-state index in [1.807, 2.05) is 0 Å². The van der Waals surface area contributed by atoms with Crippen molar-refractivity contribution in [1.82, 2.24) is 10.2 Å². The molecule has 3 unspecified atom stereocenters. The van der Waals surface area contributed by atoms with Crippen LogP contribution in [0.4, 0.5) is 0 Å². The van der Waals surface area contributed by atoms with Gasteiger partial charge in [0.1, 0.15) is 12.3 Å². The van der Waals surface area contributed by atoms with E-state index in [9.17, 15) is 9.90 Å². The van der Waals surface area contributed by atoms with Crippen molar-refractivity contribution in [3.8, 4) is 0 Å². The summed E-state index contributed by atoms with van der Waals surface area (Å²) in [5.41, 5.74) is 0. The van der Waals surface area contributed by atoms with Gasteiger partial charge >= 0.3 is 0 Å². The van der Waals surface area contributed by atoms with Crippen LogP contribution in [0.3, 0.4) is 0 Å². The number of nitrogens with zero attached hydrogens (tertiary/aromatic N) is 1. The lowest BCUT2D eigenvalue weighted by molar-refractivity contribution is -0.132. The number of aliphatic hydroxyl groups excluding tert-OH is 2. The molecule has 0 saturated carbocycles. The monoisotopic (exact) mass is 174 g/mol. The Kier molecular flexibility index (Phi) is 2.66. The van der Waals surface area contributed by atoms with Crippen LogP contribution in [0.2, 0.25) is 0 Å². The number of nitrogens with one attached hydrogen (secondary N) is 1. The number of rotatable bonds is 1. The van der Waals surface area contributed by atoms with E-state index in [2.05, 4.69) is 5.32 Å². The maximum atomic E-state index is 10.9. The topological polar surface area (TPSA) is 72.8 Å². The van der Waals surface area contributed by atoms with Crippen molar-refractivity contribution in [1.29, 1.82) is 0 Å². The van der Waals surface area contributed by atoms with Gasteiger partial charge in [-0.1, -0.05) is 0 Å². The minimum Gasteiger partial charge on any atom is -0.389 e. The molecule has 3 atom stereocenters. The Morgan fingerprint density at radius 3 is 2.50 bits per heavy atom. The fraction of sp³-hybridized carbons (Fsp3) is 0.857. The summed E-state index contributed by atoms with van der Waals surface area (Å²) in [5.74, 6) is -0.138. The van der Waals surface area contributed by atoms with Gasteiger partial charge < -0.3 is 15.1 Å². The summed E-state index contributed by atoms with van der Waals surface area (Å²) >= 11 is 0. The number of carbonyl (C=O) groups is 1. The lowest BCUT2D eigenvalue weighted by atomic mass is 10.2. The Labute approximate surface area is 71.0 Å². The van der Waals surface area contributed by atoms with Gasteiger partial charge in [0, 0.05) is 20.5 Å². The number of aliphatic hydroxyl groups is 2. The number of likely N-dealkylation sites (N-methyl/N-ethyl adjacent to an activating group) is 1. The molecule has 0 aromatic heterocycles. The van der Waals surface area contributed by atoms with Crippen LogP contribution < -0.4 is 5.32 Å². The van der Waals surface area contributed by atoms with E-state index < -0.39 is 18.4 Å². The molecule has 12 heavy (non-hydrogen) atoms. The van der Waals surface area contributed by atoms with Crippen molar-refractivity contribution in [3.63, 3.8) is 0 Å². The highest BCUT2D eigenvalue weighted by Crippen LogP contribution is 2.10. The summed E-state index contributed by atoms with van der Waals surface area (Å²) in [5, 5.41) is 21.4. The van der Waals surface area contributed by atoms with E-state index in [4.69, 9.17) is 5.11 Å². The third-order valence-corrected chi connectivity index (χ3v) is 2.17. The van der Waals surface area contributed by atoms with Crippen molar-refractivity contribution in [2.45, 2.75) is 25.3 Å². The molecule has 1 aliphatic heterocycles. The van der Waals surface area contributed by atoms with E-state index in [1.165, 1.54) is 11.8 Å². The van der Waals surface area contributed by atoms with Gasteiger partial charge in [-0.3, -0.25) is 10.1 Å². The first-order valence-electron chi connectivity index (χ1n) is 3.87. The zero-order valence-corrected chi connectivity index (χ0v) is 7.19. The third kappa shape index (κ3) is 1.57. The molecule has 1 amide bonds. The van der Waals surface area contributed by atoms with Crippen molar-refractivity contribution in [2.24, 2.45) is 0 Å². The second kappa shape index (κ2) is 3.38. The molecule has 3 N–H and O–H groups in total. The fourth-order valence-electron chi connectivity index (χ4n) is 1.26. The van der Waals surface area contributed by atoms with Gasteiger partial charge in [0.05, 0.1) is 6.10 Å². The molecule has 1 fully saturated rings.